The summed E-state index contributed by atoms with van der Waals surface area (Å²) in [4.78, 5) is 11.4. The van der Waals surface area contributed by atoms with Crippen LogP contribution in [-0.2, 0) is 12.8 Å². The molecule has 1 amide bonds. The zero-order valence-corrected chi connectivity index (χ0v) is 11.4. The van der Waals surface area contributed by atoms with E-state index in [-0.39, 0.29) is 0 Å². The number of primary amides is 1. The van der Waals surface area contributed by atoms with Crippen molar-refractivity contribution in [1.82, 2.24) is 10.2 Å². The van der Waals surface area contributed by atoms with Gasteiger partial charge in [-0.2, -0.15) is 5.10 Å². The summed E-state index contributed by atoms with van der Waals surface area (Å²) in [7, 11) is 0. The molecule has 0 spiro atoms. The maximum absolute atomic E-state index is 11.4. The summed E-state index contributed by atoms with van der Waals surface area (Å²) in [6, 6.07) is 5.56. The Kier molecular flexibility index (Phi) is 4.10. The third-order valence-corrected chi connectivity index (χ3v) is 3.23. The van der Waals surface area contributed by atoms with Crippen molar-refractivity contribution in [3.8, 4) is 0 Å². The standard InChI is InChI=1S/C15H19N3O/c1-3-6-10-11-8-5-9-12(15(16)19)14(11)18-17-13(10)7-4-2/h5,8-9H,3-4,6-7H2,1-2H3,(H2,16,19). The summed E-state index contributed by atoms with van der Waals surface area (Å²) < 4.78 is 0. The number of carbonyl (C=O) groups is 1. The van der Waals surface area contributed by atoms with Gasteiger partial charge in [-0.3, -0.25) is 4.79 Å². The Bertz CT molecular complexity index is 608. The van der Waals surface area contributed by atoms with E-state index >= 15 is 0 Å². The van der Waals surface area contributed by atoms with E-state index in [9.17, 15) is 4.79 Å². The molecule has 0 saturated heterocycles. The molecule has 1 heterocycles. The van der Waals surface area contributed by atoms with Crippen LogP contribution in [0, 0.1) is 0 Å². The van der Waals surface area contributed by atoms with Crippen molar-refractivity contribution in [3.63, 3.8) is 0 Å². The number of hydrogen-bond acceptors (Lipinski definition) is 3. The van der Waals surface area contributed by atoms with E-state index in [0.717, 1.165) is 36.8 Å². The van der Waals surface area contributed by atoms with Crippen LogP contribution in [0.3, 0.4) is 0 Å². The van der Waals surface area contributed by atoms with E-state index in [2.05, 4.69) is 24.0 Å². The lowest BCUT2D eigenvalue weighted by atomic mass is 9.98. The third kappa shape index (κ3) is 2.57. The lowest BCUT2D eigenvalue weighted by Gasteiger charge is -2.11. The molecular formula is C15H19N3O. The predicted molar refractivity (Wildman–Crippen MR) is 76.0 cm³/mol. The lowest BCUT2D eigenvalue weighted by Crippen LogP contribution is -2.13. The Hall–Kier alpha value is -1.97. The maximum atomic E-state index is 11.4. The largest absolute Gasteiger partial charge is 0.366 e. The molecule has 0 fully saturated rings. The van der Waals surface area contributed by atoms with Crippen LogP contribution in [-0.4, -0.2) is 16.1 Å². The summed E-state index contributed by atoms with van der Waals surface area (Å²) in [5, 5.41) is 9.52. The van der Waals surface area contributed by atoms with Gasteiger partial charge in [-0.05, 0) is 24.5 Å². The van der Waals surface area contributed by atoms with Crippen molar-refractivity contribution >= 4 is 16.8 Å². The van der Waals surface area contributed by atoms with Crippen molar-refractivity contribution < 1.29 is 4.79 Å². The summed E-state index contributed by atoms with van der Waals surface area (Å²) in [6.45, 7) is 4.27. The Morgan fingerprint density at radius 3 is 2.53 bits per heavy atom. The van der Waals surface area contributed by atoms with E-state index in [1.165, 1.54) is 5.56 Å². The number of carbonyl (C=O) groups excluding carboxylic acids is 1. The number of fused-ring (bicyclic) bond motifs is 1. The first-order valence-electron chi connectivity index (χ1n) is 6.76. The number of rotatable bonds is 5. The van der Waals surface area contributed by atoms with Crippen molar-refractivity contribution in [1.29, 1.82) is 0 Å². The molecule has 0 saturated carbocycles. The van der Waals surface area contributed by atoms with E-state index in [1.54, 1.807) is 6.07 Å². The minimum Gasteiger partial charge on any atom is -0.366 e. The molecular weight excluding hydrogens is 238 g/mol. The first-order valence-corrected chi connectivity index (χ1v) is 6.76. The summed E-state index contributed by atoms with van der Waals surface area (Å²) in [5.74, 6) is -0.453. The first kappa shape index (κ1) is 13.5. The van der Waals surface area contributed by atoms with Gasteiger partial charge in [-0.25, -0.2) is 0 Å². The van der Waals surface area contributed by atoms with Crippen molar-refractivity contribution in [3.05, 3.63) is 35.0 Å². The topological polar surface area (TPSA) is 68.9 Å². The smallest absolute Gasteiger partial charge is 0.250 e. The van der Waals surface area contributed by atoms with Crippen molar-refractivity contribution in [2.75, 3.05) is 0 Å². The van der Waals surface area contributed by atoms with Crippen LogP contribution in [0.4, 0.5) is 0 Å². The van der Waals surface area contributed by atoms with Gasteiger partial charge in [0, 0.05) is 5.39 Å². The zero-order chi connectivity index (χ0) is 13.8. The number of aromatic nitrogens is 2. The van der Waals surface area contributed by atoms with E-state index in [0.29, 0.717) is 11.1 Å². The molecule has 0 aliphatic carbocycles. The number of hydrogen-bond donors (Lipinski definition) is 1. The van der Waals surface area contributed by atoms with Gasteiger partial charge in [0.15, 0.2) is 0 Å². The second-order valence-corrected chi connectivity index (χ2v) is 4.69. The fraction of sp³-hybridized carbons (Fsp3) is 0.400. The SMILES string of the molecule is CCCc1nnc2c(C(N)=O)cccc2c1CCC. The summed E-state index contributed by atoms with van der Waals surface area (Å²) in [5.41, 5.74) is 8.71. The molecule has 1 aromatic heterocycles. The fourth-order valence-electron chi connectivity index (χ4n) is 2.39. The van der Waals surface area contributed by atoms with Crippen LogP contribution in [0.2, 0.25) is 0 Å². The van der Waals surface area contributed by atoms with Gasteiger partial charge in [0.2, 0.25) is 0 Å². The van der Waals surface area contributed by atoms with Gasteiger partial charge < -0.3 is 5.73 Å². The number of benzene rings is 1. The van der Waals surface area contributed by atoms with Gasteiger partial charge in [-0.1, -0.05) is 38.8 Å². The highest BCUT2D eigenvalue weighted by molar-refractivity contribution is 6.05. The second kappa shape index (κ2) is 5.78. The molecule has 1 aromatic carbocycles. The highest BCUT2D eigenvalue weighted by Gasteiger charge is 2.14. The van der Waals surface area contributed by atoms with E-state index in [4.69, 9.17) is 5.73 Å². The van der Waals surface area contributed by atoms with Crippen LogP contribution < -0.4 is 5.73 Å². The quantitative estimate of drug-likeness (QED) is 0.895. The van der Waals surface area contributed by atoms with Gasteiger partial charge in [-0.15, -0.1) is 5.10 Å². The molecule has 2 aromatic rings. The molecule has 4 heteroatoms. The monoisotopic (exact) mass is 257 g/mol. The van der Waals surface area contributed by atoms with Crippen molar-refractivity contribution in [2.24, 2.45) is 5.73 Å². The Morgan fingerprint density at radius 1 is 1.16 bits per heavy atom. The van der Waals surface area contributed by atoms with Gasteiger partial charge >= 0.3 is 0 Å². The lowest BCUT2D eigenvalue weighted by molar-refractivity contribution is 0.100. The van der Waals surface area contributed by atoms with Crippen LogP contribution in [0.1, 0.15) is 48.3 Å². The normalized spacial score (nSPS) is 10.8. The van der Waals surface area contributed by atoms with Gasteiger partial charge in [0.1, 0.15) is 5.52 Å². The number of nitrogens with two attached hydrogens (primary N) is 1. The summed E-state index contributed by atoms with van der Waals surface area (Å²) in [6.07, 6.45) is 3.94. The third-order valence-electron chi connectivity index (χ3n) is 3.23. The predicted octanol–water partition coefficient (Wildman–Crippen LogP) is 2.63. The molecule has 0 aliphatic rings. The van der Waals surface area contributed by atoms with Crippen molar-refractivity contribution in [2.45, 2.75) is 39.5 Å². The minimum absolute atomic E-state index is 0.449. The highest BCUT2D eigenvalue weighted by atomic mass is 16.1. The minimum atomic E-state index is -0.453. The molecule has 0 atom stereocenters. The Labute approximate surface area is 113 Å². The molecule has 2 rings (SSSR count). The Balaban J connectivity index is 2.71. The molecule has 0 aliphatic heterocycles. The Morgan fingerprint density at radius 2 is 1.89 bits per heavy atom. The second-order valence-electron chi connectivity index (χ2n) is 4.69. The number of nitrogens with zero attached hydrogens (tertiary/aromatic N) is 2. The van der Waals surface area contributed by atoms with Crippen LogP contribution in [0.25, 0.3) is 10.9 Å². The summed E-state index contributed by atoms with van der Waals surface area (Å²) >= 11 is 0. The van der Waals surface area contributed by atoms with Gasteiger partial charge in [0.05, 0.1) is 11.3 Å². The van der Waals surface area contributed by atoms with Crippen LogP contribution in [0.5, 0.6) is 0 Å². The number of amides is 1. The molecule has 0 unspecified atom stereocenters. The maximum Gasteiger partial charge on any atom is 0.250 e. The van der Waals surface area contributed by atoms with Crippen LogP contribution >= 0.6 is 0 Å². The highest BCUT2D eigenvalue weighted by Crippen LogP contribution is 2.23. The zero-order valence-electron chi connectivity index (χ0n) is 11.4. The first-order chi connectivity index (χ1) is 9.19. The van der Waals surface area contributed by atoms with E-state index < -0.39 is 5.91 Å². The molecule has 19 heavy (non-hydrogen) atoms. The molecule has 0 radical (unpaired) electrons. The van der Waals surface area contributed by atoms with E-state index in [1.807, 2.05) is 12.1 Å². The molecule has 4 nitrogen and oxygen atoms in total. The fourth-order valence-corrected chi connectivity index (χ4v) is 2.39. The van der Waals surface area contributed by atoms with Gasteiger partial charge in [0.25, 0.3) is 5.91 Å². The average molecular weight is 257 g/mol. The molecule has 100 valence electrons. The molecule has 2 N–H and O–H groups in total. The average Bonchev–Trinajstić information content (AvgIpc) is 2.41. The van der Waals surface area contributed by atoms with Crippen LogP contribution in [0.15, 0.2) is 18.2 Å². The number of aryl methyl sites for hydroxylation is 2. The molecule has 0 bridgehead atoms.